The van der Waals surface area contributed by atoms with Gasteiger partial charge in [0.25, 0.3) is 0 Å². The molecule has 0 bridgehead atoms. The first-order valence-corrected chi connectivity index (χ1v) is 5.72. The molecule has 0 N–H and O–H groups in total. The Bertz CT molecular complexity index is 442. The van der Waals surface area contributed by atoms with Gasteiger partial charge >= 0.3 is 0 Å². The molecule has 0 spiro atoms. The van der Waals surface area contributed by atoms with Gasteiger partial charge in [-0.3, -0.25) is 0 Å². The van der Waals surface area contributed by atoms with E-state index in [4.69, 9.17) is 10.00 Å². The molecule has 2 atom stereocenters. The van der Waals surface area contributed by atoms with E-state index in [0.717, 1.165) is 25.3 Å². The van der Waals surface area contributed by atoms with Crippen molar-refractivity contribution in [2.75, 3.05) is 0 Å². The maximum absolute atomic E-state index is 13.4. The van der Waals surface area contributed by atoms with E-state index in [1.807, 2.05) is 0 Å². The SMILES string of the molecule is N#CC1CCCCC1Oc1cccc(F)c1F. The topological polar surface area (TPSA) is 33.0 Å². The minimum absolute atomic E-state index is 0.0999. The van der Waals surface area contributed by atoms with Gasteiger partial charge in [0.2, 0.25) is 5.82 Å². The average Bonchev–Trinajstić information content (AvgIpc) is 2.35. The van der Waals surface area contributed by atoms with Crippen LogP contribution in [0.25, 0.3) is 0 Å². The van der Waals surface area contributed by atoms with Crippen LogP contribution in [0.15, 0.2) is 18.2 Å². The number of nitrogens with zero attached hydrogens (tertiary/aromatic N) is 1. The van der Waals surface area contributed by atoms with Gasteiger partial charge in [-0.2, -0.15) is 9.65 Å². The third kappa shape index (κ3) is 2.55. The maximum Gasteiger partial charge on any atom is 0.200 e. The van der Waals surface area contributed by atoms with Crippen LogP contribution in [0.1, 0.15) is 25.7 Å². The van der Waals surface area contributed by atoms with Gasteiger partial charge in [-0.25, -0.2) is 4.39 Å². The number of hydrogen-bond acceptors (Lipinski definition) is 2. The van der Waals surface area contributed by atoms with Crippen LogP contribution in [0, 0.1) is 28.9 Å². The zero-order chi connectivity index (χ0) is 12.3. The summed E-state index contributed by atoms with van der Waals surface area (Å²) < 4.78 is 31.8. The molecule has 0 aromatic heterocycles. The van der Waals surface area contributed by atoms with Crippen LogP contribution in [-0.4, -0.2) is 6.10 Å². The van der Waals surface area contributed by atoms with Gasteiger partial charge in [0.05, 0.1) is 12.0 Å². The standard InChI is InChI=1S/C13H13F2NO/c14-10-5-3-7-12(13(10)15)17-11-6-2-1-4-9(11)8-16/h3,5,7,9,11H,1-2,4,6H2. The van der Waals surface area contributed by atoms with E-state index in [0.29, 0.717) is 6.42 Å². The van der Waals surface area contributed by atoms with Crippen molar-refractivity contribution in [3.05, 3.63) is 29.8 Å². The summed E-state index contributed by atoms with van der Waals surface area (Å²) in [4.78, 5) is 0. The monoisotopic (exact) mass is 237 g/mol. The van der Waals surface area contributed by atoms with E-state index < -0.39 is 11.6 Å². The third-order valence-corrected chi connectivity index (χ3v) is 3.06. The molecule has 1 aromatic rings. The van der Waals surface area contributed by atoms with Crippen molar-refractivity contribution in [2.24, 2.45) is 5.92 Å². The highest BCUT2D eigenvalue weighted by Crippen LogP contribution is 2.29. The molecule has 17 heavy (non-hydrogen) atoms. The summed E-state index contributed by atoms with van der Waals surface area (Å²) in [7, 11) is 0. The predicted octanol–water partition coefficient (Wildman–Crippen LogP) is 3.43. The fourth-order valence-electron chi connectivity index (χ4n) is 2.12. The molecule has 2 unspecified atom stereocenters. The molecule has 1 aliphatic carbocycles. The lowest BCUT2D eigenvalue weighted by atomic mass is 9.87. The first kappa shape index (κ1) is 11.8. The van der Waals surface area contributed by atoms with Crippen molar-refractivity contribution in [3.63, 3.8) is 0 Å². The Morgan fingerprint density at radius 1 is 1.24 bits per heavy atom. The normalized spacial score (nSPS) is 24.1. The van der Waals surface area contributed by atoms with Crippen molar-refractivity contribution < 1.29 is 13.5 Å². The Hall–Kier alpha value is -1.63. The zero-order valence-electron chi connectivity index (χ0n) is 9.33. The summed E-state index contributed by atoms with van der Waals surface area (Å²) in [5.41, 5.74) is 0. The smallest absolute Gasteiger partial charge is 0.200 e. The lowest BCUT2D eigenvalue weighted by Gasteiger charge is -2.27. The Balaban J connectivity index is 2.14. The van der Waals surface area contributed by atoms with Crippen molar-refractivity contribution in [1.29, 1.82) is 5.26 Å². The van der Waals surface area contributed by atoms with Crippen LogP contribution in [0.4, 0.5) is 8.78 Å². The van der Waals surface area contributed by atoms with E-state index in [1.54, 1.807) is 0 Å². The Morgan fingerprint density at radius 2 is 2.00 bits per heavy atom. The molecule has 4 heteroatoms. The van der Waals surface area contributed by atoms with Crippen LogP contribution < -0.4 is 4.74 Å². The average molecular weight is 237 g/mol. The minimum Gasteiger partial charge on any atom is -0.486 e. The molecule has 0 saturated heterocycles. The highest BCUT2D eigenvalue weighted by Gasteiger charge is 2.27. The fourth-order valence-corrected chi connectivity index (χ4v) is 2.12. The summed E-state index contributed by atoms with van der Waals surface area (Å²) in [5.74, 6) is -2.23. The third-order valence-electron chi connectivity index (χ3n) is 3.06. The molecular weight excluding hydrogens is 224 g/mol. The lowest BCUT2D eigenvalue weighted by Crippen LogP contribution is -2.29. The van der Waals surface area contributed by atoms with Crippen LogP contribution in [0.3, 0.4) is 0 Å². The van der Waals surface area contributed by atoms with Crippen molar-refractivity contribution in [2.45, 2.75) is 31.8 Å². The highest BCUT2D eigenvalue weighted by atomic mass is 19.2. The molecule has 2 nitrogen and oxygen atoms in total. The molecular formula is C13H13F2NO. The quantitative estimate of drug-likeness (QED) is 0.789. The highest BCUT2D eigenvalue weighted by molar-refractivity contribution is 5.25. The number of ether oxygens (including phenoxy) is 1. The summed E-state index contributed by atoms with van der Waals surface area (Å²) in [5, 5.41) is 8.97. The van der Waals surface area contributed by atoms with E-state index in [9.17, 15) is 8.78 Å². The fraction of sp³-hybridized carbons (Fsp3) is 0.462. The number of benzene rings is 1. The number of rotatable bonds is 2. The van der Waals surface area contributed by atoms with Crippen LogP contribution in [0.2, 0.25) is 0 Å². The van der Waals surface area contributed by atoms with Crippen LogP contribution in [0.5, 0.6) is 5.75 Å². The predicted molar refractivity (Wildman–Crippen MR) is 58.3 cm³/mol. The van der Waals surface area contributed by atoms with Gasteiger partial charge in [-0.1, -0.05) is 12.5 Å². The van der Waals surface area contributed by atoms with Crippen LogP contribution >= 0.6 is 0 Å². The summed E-state index contributed by atoms with van der Waals surface area (Å²) in [6.07, 6.45) is 3.10. The maximum atomic E-state index is 13.4. The van der Waals surface area contributed by atoms with Gasteiger partial charge in [-0.05, 0) is 31.4 Å². The Morgan fingerprint density at radius 3 is 2.76 bits per heavy atom. The second kappa shape index (κ2) is 5.13. The summed E-state index contributed by atoms with van der Waals surface area (Å²) >= 11 is 0. The van der Waals surface area contributed by atoms with Gasteiger partial charge in [-0.15, -0.1) is 0 Å². The molecule has 1 aliphatic rings. The molecule has 0 aliphatic heterocycles. The van der Waals surface area contributed by atoms with E-state index in [1.165, 1.54) is 12.1 Å². The van der Waals surface area contributed by atoms with E-state index >= 15 is 0 Å². The summed E-state index contributed by atoms with van der Waals surface area (Å²) in [6.45, 7) is 0. The molecule has 1 saturated carbocycles. The zero-order valence-corrected chi connectivity index (χ0v) is 9.33. The van der Waals surface area contributed by atoms with Crippen molar-refractivity contribution in [1.82, 2.24) is 0 Å². The number of hydrogen-bond donors (Lipinski definition) is 0. The molecule has 0 radical (unpaired) electrons. The Labute approximate surface area is 98.8 Å². The van der Waals surface area contributed by atoms with Crippen molar-refractivity contribution in [3.8, 4) is 11.8 Å². The molecule has 0 amide bonds. The van der Waals surface area contributed by atoms with Gasteiger partial charge in [0.15, 0.2) is 11.6 Å². The second-order valence-corrected chi connectivity index (χ2v) is 4.23. The lowest BCUT2D eigenvalue weighted by molar-refractivity contribution is 0.114. The molecule has 1 aromatic carbocycles. The molecule has 0 heterocycles. The first-order valence-electron chi connectivity index (χ1n) is 5.72. The van der Waals surface area contributed by atoms with Gasteiger partial charge in [0.1, 0.15) is 6.10 Å². The number of nitriles is 1. The Kier molecular flexibility index (Phi) is 3.58. The first-order chi connectivity index (χ1) is 8.22. The summed E-state index contributed by atoms with van der Waals surface area (Å²) in [6, 6.07) is 6.00. The van der Waals surface area contributed by atoms with Gasteiger partial charge in [0, 0.05) is 0 Å². The van der Waals surface area contributed by atoms with Crippen LogP contribution in [-0.2, 0) is 0 Å². The van der Waals surface area contributed by atoms with Crippen molar-refractivity contribution >= 4 is 0 Å². The number of halogens is 2. The molecule has 1 fully saturated rings. The minimum atomic E-state index is -0.977. The van der Waals surface area contributed by atoms with Gasteiger partial charge < -0.3 is 4.74 Å². The second-order valence-electron chi connectivity index (χ2n) is 4.23. The molecule has 2 rings (SSSR count). The van der Waals surface area contributed by atoms with E-state index in [-0.39, 0.29) is 17.8 Å². The largest absolute Gasteiger partial charge is 0.486 e. The van der Waals surface area contributed by atoms with E-state index in [2.05, 4.69) is 6.07 Å². The molecule has 90 valence electrons.